The molecule has 0 unspecified atom stereocenters. The van der Waals surface area contributed by atoms with E-state index in [-0.39, 0.29) is 10.5 Å². The lowest BCUT2D eigenvalue weighted by Gasteiger charge is -2.41. The van der Waals surface area contributed by atoms with Gasteiger partial charge in [-0.15, -0.1) is 0 Å². The fourth-order valence-corrected chi connectivity index (χ4v) is 3.97. The van der Waals surface area contributed by atoms with Gasteiger partial charge in [-0.3, -0.25) is 4.18 Å². The summed E-state index contributed by atoms with van der Waals surface area (Å²) in [6.45, 7) is 1.24. The zero-order valence-electron chi connectivity index (χ0n) is 17.0. The van der Waals surface area contributed by atoms with Crippen LogP contribution < -0.4 is 0 Å². The van der Waals surface area contributed by atoms with Gasteiger partial charge in [0.15, 0.2) is 12.4 Å². The van der Waals surface area contributed by atoms with E-state index in [1.165, 1.54) is 31.4 Å². The summed E-state index contributed by atoms with van der Waals surface area (Å²) in [6.07, 6.45) is -7.01. The molecule has 0 aromatic heterocycles. The average molecular weight is 452 g/mol. The van der Waals surface area contributed by atoms with Crippen LogP contribution in [0.5, 0.6) is 0 Å². The number of rotatable bonds is 7. The summed E-state index contributed by atoms with van der Waals surface area (Å²) in [5, 5.41) is 20.9. The number of carbonyl (C=O) groups excluding carboxylic acids is 1. The number of aliphatic hydroxyl groups is 2. The Bertz CT molecular complexity index is 974. The van der Waals surface area contributed by atoms with Crippen LogP contribution in [0.4, 0.5) is 0 Å². The molecule has 31 heavy (non-hydrogen) atoms. The summed E-state index contributed by atoms with van der Waals surface area (Å²) in [5.74, 6) is -0.737. The highest BCUT2D eigenvalue weighted by Gasteiger charge is 2.47. The zero-order chi connectivity index (χ0) is 22.6. The lowest BCUT2D eigenvalue weighted by atomic mass is 9.99. The number of benzene rings is 2. The van der Waals surface area contributed by atoms with Gasteiger partial charge in [0.25, 0.3) is 10.1 Å². The summed E-state index contributed by atoms with van der Waals surface area (Å²) in [4.78, 5) is 12.3. The topological polar surface area (TPSA) is 129 Å². The van der Waals surface area contributed by atoms with Crippen LogP contribution in [0.2, 0.25) is 0 Å². The highest BCUT2D eigenvalue weighted by atomic mass is 32.2. The Morgan fingerprint density at radius 1 is 1.03 bits per heavy atom. The van der Waals surface area contributed by atoms with Crippen molar-refractivity contribution in [2.24, 2.45) is 0 Å². The van der Waals surface area contributed by atoms with E-state index in [0.717, 1.165) is 5.56 Å². The Morgan fingerprint density at radius 3 is 2.29 bits per heavy atom. The molecule has 2 aromatic rings. The molecule has 3 rings (SSSR count). The van der Waals surface area contributed by atoms with Crippen molar-refractivity contribution in [1.82, 2.24) is 0 Å². The molecule has 0 bridgehead atoms. The quantitative estimate of drug-likeness (QED) is 0.467. The normalized spacial score (nSPS) is 26.4. The summed E-state index contributed by atoms with van der Waals surface area (Å²) in [5.41, 5.74) is 1.13. The third kappa shape index (κ3) is 5.48. The first-order chi connectivity index (χ1) is 14.7. The van der Waals surface area contributed by atoms with Crippen molar-refractivity contribution in [3.63, 3.8) is 0 Å². The van der Waals surface area contributed by atoms with Gasteiger partial charge in [-0.25, -0.2) is 4.79 Å². The van der Waals surface area contributed by atoms with Gasteiger partial charge < -0.3 is 24.4 Å². The summed E-state index contributed by atoms with van der Waals surface area (Å²) >= 11 is 0. The smallest absolute Gasteiger partial charge is 0.338 e. The highest BCUT2D eigenvalue weighted by Crippen LogP contribution is 2.26. The molecule has 168 valence electrons. The van der Waals surface area contributed by atoms with Crippen molar-refractivity contribution in [3.8, 4) is 0 Å². The maximum atomic E-state index is 12.4. The first-order valence-corrected chi connectivity index (χ1v) is 10.9. The van der Waals surface area contributed by atoms with Crippen molar-refractivity contribution in [2.45, 2.75) is 42.5 Å². The maximum Gasteiger partial charge on any atom is 0.338 e. The second-order valence-corrected chi connectivity index (χ2v) is 8.66. The molecule has 9 nitrogen and oxygen atoms in total. The number of aliphatic hydroxyl groups excluding tert-OH is 2. The van der Waals surface area contributed by atoms with E-state index < -0.39 is 53.4 Å². The third-order valence-electron chi connectivity index (χ3n) is 4.83. The van der Waals surface area contributed by atoms with Crippen LogP contribution >= 0.6 is 0 Å². The Balaban J connectivity index is 1.67. The molecular formula is C21H24O9S. The fourth-order valence-electron chi connectivity index (χ4n) is 3.05. The number of esters is 1. The number of hydrogen-bond acceptors (Lipinski definition) is 9. The fraction of sp³-hybridized carbons (Fsp3) is 0.381. The summed E-state index contributed by atoms with van der Waals surface area (Å²) in [7, 11) is -2.85. The SMILES string of the molecule is CO[C@H]1O[C@H](COS(=O)(=O)c2ccc(C)cc2)[C@@H](O)[C@H](O)[C@H]1OC(=O)c1ccccc1. The monoisotopic (exact) mass is 452 g/mol. The van der Waals surface area contributed by atoms with Crippen molar-refractivity contribution < 1.29 is 41.8 Å². The summed E-state index contributed by atoms with van der Waals surface area (Å²) in [6, 6.07) is 14.1. The maximum absolute atomic E-state index is 12.4. The van der Waals surface area contributed by atoms with E-state index in [1.54, 1.807) is 30.3 Å². The standard InChI is InChI=1S/C21H24O9S/c1-13-8-10-15(11-9-13)31(25,26)28-12-16-17(22)18(23)19(21(27-2)29-16)30-20(24)14-6-4-3-5-7-14/h3-11,16-19,21-23H,12H2,1-2H3/t16-,17-,18+,19-,21+/m1/s1. The first-order valence-electron chi connectivity index (χ1n) is 9.49. The molecule has 5 atom stereocenters. The molecule has 1 fully saturated rings. The second kappa shape index (κ2) is 9.86. The predicted molar refractivity (Wildman–Crippen MR) is 108 cm³/mol. The van der Waals surface area contributed by atoms with Gasteiger partial charge in [-0.2, -0.15) is 8.42 Å². The molecule has 1 aliphatic rings. The van der Waals surface area contributed by atoms with Gasteiger partial charge in [0.05, 0.1) is 17.1 Å². The minimum absolute atomic E-state index is 0.0538. The van der Waals surface area contributed by atoms with Crippen molar-refractivity contribution in [2.75, 3.05) is 13.7 Å². The van der Waals surface area contributed by atoms with Crippen LogP contribution in [-0.4, -0.2) is 69.0 Å². The van der Waals surface area contributed by atoms with Crippen LogP contribution in [0, 0.1) is 6.92 Å². The minimum Gasteiger partial charge on any atom is -0.450 e. The molecule has 10 heteroatoms. The number of methoxy groups -OCH3 is 1. The largest absolute Gasteiger partial charge is 0.450 e. The zero-order valence-corrected chi connectivity index (χ0v) is 17.8. The molecule has 0 spiro atoms. The highest BCUT2D eigenvalue weighted by molar-refractivity contribution is 7.86. The molecule has 2 aromatic carbocycles. The third-order valence-corrected chi connectivity index (χ3v) is 6.12. The van der Waals surface area contributed by atoms with Crippen LogP contribution in [0.1, 0.15) is 15.9 Å². The number of hydrogen-bond donors (Lipinski definition) is 2. The van der Waals surface area contributed by atoms with Crippen LogP contribution in [-0.2, 0) is 28.5 Å². The van der Waals surface area contributed by atoms with Gasteiger partial charge in [-0.1, -0.05) is 35.9 Å². The van der Waals surface area contributed by atoms with E-state index in [1.807, 2.05) is 6.92 Å². The molecule has 1 aliphatic heterocycles. The molecule has 0 amide bonds. The predicted octanol–water partition coefficient (Wildman–Crippen LogP) is 1.02. The molecular weight excluding hydrogens is 428 g/mol. The lowest BCUT2D eigenvalue weighted by molar-refractivity contribution is -0.292. The second-order valence-electron chi connectivity index (χ2n) is 7.05. The molecule has 0 saturated carbocycles. The van der Waals surface area contributed by atoms with Crippen molar-refractivity contribution in [3.05, 3.63) is 65.7 Å². The number of aryl methyl sites for hydroxylation is 1. The summed E-state index contributed by atoms with van der Waals surface area (Å²) < 4.78 is 45.7. The first kappa shape index (κ1) is 23.3. The van der Waals surface area contributed by atoms with Crippen LogP contribution in [0.25, 0.3) is 0 Å². The minimum atomic E-state index is -4.11. The average Bonchev–Trinajstić information content (AvgIpc) is 2.77. The number of carbonyl (C=O) groups is 1. The Morgan fingerprint density at radius 2 is 1.68 bits per heavy atom. The van der Waals surface area contributed by atoms with Gasteiger partial charge in [0.1, 0.15) is 18.3 Å². The van der Waals surface area contributed by atoms with Gasteiger partial charge in [0, 0.05) is 7.11 Å². The van der Waals surface area contributed by atoms with E-state index in [2.05, 4.69) is 0 Å². The van der Waals surface area contributed by atoms with Crippen molar-refractivity contribution in [1.29, 1.82) is 0 Å². The van der Waals surface area contributed by atoms with E-state index >= 15 is 0 Å². The molecule has 2 N–H and O–H groups in total. The molecule has 1 saturated heterocycles. The Hall–Kier alpha value is -2.34. The van der Waals surface area contributed by atoms with E-state index in [9.17, 15) is 23.4 Å². The Labute approximate surface area is 180 Å². The van der Waals surface area contributed by atoms with Gasteiger partial charge in [-0.05, 0) is 31.2 Å². The molecule has 0 aliphatic carbocycles. The lowest BCUT2D eigenvalue weighted by Crippen LogP contribution is -2.60. The van der Waals surface area contributed by atoms with Crippen LogP contribution in [0.15, 0.2) is 59.5 Å². The molecule has 0 radical (unpaired) electrons. The van der Waals surface area contributed by atoms with E-state index in [4.69, 9.17) is 18.4 Å². The number of ether oxygens (including phenoxy) is 3. The molecule has 1 heterocycles. The van der Waals surface area contributed by atoms with Gasteiger partial charge >= 0.3 is 5.97 Å². The van der Waals surface area contributed by atoms with E-state index in [0.29, 0.717) is 0 Å². The van der Waals surface area contributed by atoms with Gasteiger partial charge in [0.2, 0.25) is 0 Å². The van der Waals surface area contributed by atoms with Crippen molar-refractivity contribution >= 4 is 16.1 Å². The Kier molecular flexibility index (Phi) is 7.42. The van der Waals surface area contributed by atoms with Crippen LogP contribution in [0.3, 0.4) is 0 Å².